The topological polar surface area (TPSA) is 43.1 Å². The number of aromatic nitrogens is 1. The van der Waals surface area contributed by atoms with Crippen LogP contribution >= 0.6 is 11.3 Å². The summed E-state index contributed by atoms with van der Waals surface area (Å²) in [5.74, 6) is -0.117. The third-order valence-corrected chi connectivity index (χ3v) is 4.16. The van der Waals surface area contributed by atoms with Gasteiger partial charge in [-0.3, -0.25) is 0 Å². The lowest BCUT2D eigenvalue weighted by atomic mass is 10.2. The van der Waals surface area contributed by atoms with E-state index in [2.05, 4.69) is 4.98 Å². The lowest BCUT2D eigenvalue weighted by molar-refractivity contribution is 0.518. The lowest BCUT2D eigenvalue weighted by Crippen LogP contribution is -2.02. The Labute approximate surface area is 112 Å². The molecule has 0 aliphatic carbocycles. The summed E-state index contributed by atoms with van der Waals surface area (Å²) in [4.78, 5) is 18.1. The monoisotopic (exact) mass is 275 g/mol. The Balaban J connectivity index is 2.27. The van der Waals surface area contributed by atoms with Crippen LogP contribution in [0.15, 0.2) is 33.5 Å². The first-order chi connectivity index (χ1) is 9.06. The van der Waals surface area contributed by atoms with Gasteiger partial charge in [-0.1, -0.05) is 0 Å². The molecule has 0 amide bonds. The Hall–Kier alpha value is -2.01. The Morgan fingerprint density at radius 2 is 1.89 bits per heavy atom. The van der Waals surface area contributed by atoms with Crippen molar-refractivity contribution in [3.8, 4) is 11.5 Å². The van der Waals surface area contributed by atoms with Crippen LogP contribution in [-0.2, 0) is 0 Å². The third-order valence-electron chi connectivity index (χ3n) is 3.05. The van der Waals surface area contributed by atoms with Crippen molar-refractivity contribution < 1.29 is 8.81 Å². The van der Waals surface area contributed by atoms with Crippen LogP contribution in [0, 0.1) is 19.7 Å². The molecule has 0 fully saturated rings. The van der Waals surface area contributed by atoms with Crippen LogP contribution < -0.4 is 5.63 Å². The van der Waals surface area contributed by atoms with Gasteiger partial charge in [-0.2, -0.15) is 0 Å². The average molecular weight is 275 g/mol. The quantitative estimate of drug-likeness (QED) is 0.680. The molecule has 0 atom stereocenters. The summed E-state index contributed by atoms with van der Waals surface area (Å²) in [7, 11) is 0. The minimum atomic E-state index is -0.397. The minimum Gasteiger partial charge on any atom is -0.403 e. The number of halogens is 1. The first-order valence-corrected chi connectivity index (χ1v) is 6.54. The van der Waals surface area contributed by atoms with E-state index in [9.17, 15) is 9.18 Å². The van der Waals surface area contributed by atoms with Crippen molar-refractivity contribution in [2.24, 2.45) is 0 Å². The van der Waals surface area contributed by atoms with E-state index in [1.807, 2.05) is 13.8 Å². The minimum absolute atomic E-state index is 0.221. The Kier molecular flexibility index (Phi) is 2.71. The smallest absolute Gasteiger partial charge is 0.348 e. The number of hydrogen-bond donors (Lipinski definition) is 0. The van der Waals surface area contributed by atoms with Crippen molar-refractivity contribution in [2.45, 2.75) is 13.8 Å². The Bertz CT molecular complexity index is 818. The molecule has 0 saturated heterocycles. The zero-order chi connectivity index (χ0) is 13.6. The molecule has 0 aliphatic rings. The van der Waals surface area contributed by atoms with Crippen LogP contribution in [0.1, 0.15) is 10.4 Å². The maximum absolute atomic E-state index is 12.9. The summed E-state index contributed by atoms with van der Waals surface area (Å²) < 4.78 is 18.1. The van der Waals surface area contributed by atoms with Gasteiger partial charge >= 0.3 is 5.63 Å². The summed E-state index contributed by atoms with van der Waals surface area (Å²) in [6.07, 6.45) is 0. The maximum atomic E-state index is 12.9. The number of thiophene rings is 1. The number of benzene rings is 1. The van der Waals surface area contributed by atoms with Gasteiger partial charge in [-0.25, -0.2) is 14.2 Å². The highest BCUT2D eigenvalue weighted by molar-refractivity contribution is 7.18. The first-order valence-electron chi connectivity index (χ1n) is 5.73. The summed E-state index contributed by atoms with van der Waals surface area (Å²) in [5.41, 5.74) is 1.10. The van der Waals surface area contributed by atoms with Crippen molar-refractivity contribution in [2.75, 3.05) is 0 Å². The molecule has 0 bridgehead atoms. The average Bonchev–Trinajstić information content (AvgIpc) is 2.66. The second-order valence-corrected chi connectivity index (χ2v) is 5.48. The predicted molar refractivity (Wildman–Crippen MR) is 73.0 cm³/mol. The molecule has 0 radical (unpaired) electrons. The normalized spacial score (nSPS) is 11.1. The van der Waals surface area contributed by atoms with E-state index < -0.39 is 5.63 Å². The molecule has 2 aromatic heterocycles. The molecule has 5 heteroatoms. The van der Waals surface area contributed by atoms with Crippen LogP contribution in [0.2, 0.25) is 0 Å². The number of nitrogens with zero attached hydrogens (tertiary/aromatic N) is 1. The molecule has 1 aromatic carbocycles. The summed E-state index contributed by atoms with van der Waals surface area (Å²) in [6, 6.07) is 5.71. The van der Waals surface area contributed by atoms with E-state index in [1.165, 1.54) is 23.5 Å². The predicted octanol–water partition coefficient (Wildman–Crippen LogP) is 3.67. The molecular weight excluding hydrogens is 265 g/mol. The first kappa shape index (κ1) is 12.0. The van der Waals surface area contributed by atoms with Crippen LogP contribution in [0.4, 0.5) is 4.39 Å². The maximum Gasteiger partial charge on any atom is 0.348 e. The number of hydrogen-bond acceptors (Lipinski definition) is 4. The van der Waals surface area contributed by atoms with Crippen molar-refractivity contribution >= 4 is 21.6 Å². The highest BCUT2D eigenvalue weighted by Crippen LogP contribution is 2.28. The molecule has 0 N–H and O–H groups in total. The second kappa shape index (κ2) is 4.28. The van der Waals surface area contributed by atoms with Gasteiger partial charge in [0.15, 0.2) is 0 Å². The van der Waals surface area contributed by atoms with Gasteiger partial charge < -0.3 is 4.42 Å². The van der Waals surface area contributed by atoms with E-state index in [0.29, 0.717) is 15.8 Å². The van der Waals surface area contributed by atoms with Gasteiger partial charge in [0.2, 0.25) is 5.89 Å². The molecule has 3 rings (SSSR count). The molecule has 0 aliphatic heterocycles. The highest BCUT2D eigenvalue weighted by Gasteiger charge is 2.14. The van der Waals surface area contributed by atoms with E-state index in [-0.39, 0.29) is 11.7 Å². The van der Waals surface area contributed by atoms with Crippen LogP contribution in [0.25, 0.3) is 21.7 Å². The SMILES string of the molecule is Cc1sc2nc(-c3ccc(F)cc3)oc(=O)c2c1C. The van der Waals surface area contributed by atoms with E-state index in [4.69, 9.17) is 4.42 Å². The Morgan fingerprint density at radius 1 is 1.21 bits per heavy atom. The van der Waals surface area contributed by atoms with Crippen LogP contribution in [0.5, 0.6) is 0 Å². The zero-order valence-electron chi connectivity index (χ0n) is 10.4. The van der Waals surface area contributed by atoms with Gasteiger partial charge in [-0.05, 0) is 43.7 Å². The molecule has 0 unspecified atom stereocenters. The van der Waals surface area contributed by atoms with Gasteiger partial charge in [0.25, 0.3) is 0 Å². The Morgan fingerprint density at radius 3 is 2.58 bits per heavy atom. The molecule has 0 saturated carbocycles. The van der Waals surface area contributed by atoms with Gasteiger partial charge in [0.1, 0.15) is 16.0 Å². The van der Waals surface area contributed by atoms with E-state index in [1.54, 1.807) is 12.1 Å². The molecule has 2 heterocycles. The molecule has 19 heavy (non-hydrogen) atoms. The lowest BCUT2D eigenvalue weighted by Gasteiger charge is -1.99. The highest BCUT2D eigenvalue weighted by atomic mass is 32.1. The van der Waals surface area contributed by atoms with Crippen LogP contribution in [0.3, 0.4) is 0 Å². The standard InChI is InChI=1S/C14H10FNO2S/c1-7-8(2)19-13-11(7)14(17)18-12(16-13)9-3-5-10(15)6-4-9/h3-6H,1-2H3. The van der Waals surface area contributed by atoms with Gasteiger partial charge in [0.05, 0.1) is 0 Å². The van der Waals surface area contributed by atoms with E-state index in [0.717, 1.165) is 10.4 Å². The fraction of sp³-hybridized carbons (Fsp3) is 0.143. The van der Waals surface area contributed by atoms with Crippen molar-refractivity contribution in [1.29, 1.82) is 0 Å². The molecule has 96 valence electrons. The molecule has 3 aromatic rings. The fourth-order valence-electron chi connectivity index (χ4n) is 1.90. The summed E-state index contributed by atoms with van der Waals surface area (Å²) >= 11 is 1.46. The number of fused-ring (bicyclic) bond motifs is 1. The molecule has 3 nitrogen and oxygen atoms in total. The molecule has 0 spiro atoms. The van der Waals surface area contributed by atoms with E-state index >= 15 is 0 Å². The van der Waals surface area contributed by atoms with Crippen molar-refractivity contribution in [1.82, 2.24) is 4.98 Å². The molecular formula is C14H10FNO2S. The number of aryl methyl sites for hydroxylation is 2. The zero-order valence-corrected chi connectivity index (χ0v) is 11.2. The van der Waals surface area contributed by atoms with Gasteiger partial charge in [-0.15, -0.1) is 11.3 Å². The summed E-state index contributed by atoms with van der Waals surface area (Å²) in [6.45, 7) is 3.82. The van der Waals surface area contributed by atoms with Crippen molar-refractivity contribution in [3.63, 3.8) is 0 Å². The van der Waals surface area contributed by atoms with Crippen molar-refractivity contribution in [3.05, 3.63) is 50.9 Å². The fourth-order valence-corrected chi connectivity index (χ4v) is 2.91. The summed E-state index contributed by atoms with van der Waals surface area (Å²) in [5, 5.41) is 0.536. The third kappa shape index (κ3) is 1.96. The number of rotatable bonds is 1. The van der Waals surface area contributed by atoms with Crippen LogP contribution in [-0.4, -0.2) is 4.98 Å². The van der Waals surface area contributed by atoms with Gasteiger partial charge in [0, 0.05) is 10.4 Å². The second-order valence-electron chi connectivity index (χ2n) is 4.28. The largest absolute Gasteiger partial charge is 0.403 e.